The predicted molar refractivity (Wildman–Crippen MR) is 68.3 cm³/mol. The molecule has 0 aliphatic heterocycles. The summed E-state index contributed by atoms with van der Waals surface area (Å²) in [5.41, 5.74) is 0. The third-order valence-corrected chi connectivity index (χ3v) is 4.68. The van der Waals surface area contributed by atoms with Gasteiger partial charge in [-0.2, -0.15) is 0 Å². The molecule has 1 fully saturated rings. The molecular formula is C13H25P. The Morgan fingerprint density at radius 1 is 1.21 bits per heavy atom. The van der Waals surface area contributed by atoms with Gasteiger partial charge in [-0.15, -0.1) is 0 Å². The van der Waals surface area contributed by atoms with Crippen LogP contribution in [-0.4, -0.2) is 13.3 Å². The molecule has 0 radical (unpaired) electrons. The summed E-state index contributed by atoms with van der Waals surface area (Å²) in [4.78, 5) is 0. The molecule has 0 spiro atoms. The van der Waals surface area contributed by atoms with Crippen molar-refractivity contribution in [2.75, 3.05) is 13.3 Å². The molecule has 0 nitrogen and oxygen atoms in total. The Morgan fingerprint density at radius 2 is 1.86 bits per heavy atom. The first-order chi connectivity index (χ1) is 6.74. The van der Waals surface area contributed by atoms with E-state index in [0.29, 0.717) is 0 Å². The van der Waals surface area contributed by atoms with Crippen LogP contribution in [0.3, 0.4) is 0 Å². The summed E-state index contributed by atoms with van der Waals surface area (Å²) in [6.45, 7) is 7.10. The van der Waals surface area contributed by atoms with Crippen LogP contribution in [0.2, 0.25) is 0 Å². The summed E-state index contributed by atoms with van der Waals surface area (Å²) in [6.07, 6.45) is 12.6. The maximum atomic E-state index is 2.63. The zero-order valence-corrected chi connectivity index (χ0v) is 10.9. The maximum absolute atomic E-state index is 2.63. The largest absolute Gasteiger partial charge is 0.0865 e. The van der Waals surface area contributed by atoms with Crippen molar-refractivity contribution < 1.29 is 0 Å². The van der Waals surface area contributed by atoms with E-state index in [4.69, 9.17) is 0 Å². The normalized spacial score (nSPS) is 20.4. The van der Waals surface area contributed by atoms with Gasteiger partial charge in [0, 0.05) is 0 Å². The molecule has 1 heteroatoms. The molecule has 0 unspecified atom stereocenters. The molecule has 0 heterocycles. The van der Waals surface area contributed by atoms with Crippen LogP contribution in [0.5, 0.6) is 0 Å². The maximum Gasteiger partial charge on any atom is -0.0227 e. The number of hydrogen-bond donors (Lipinski definition) is 0. The Kier molecular flexibility index (Phi) is 5.78. The van der Waals surface area contributed by atoms with Crippen LogP contribution < -0.4 is 0 Å². The minimum Gasteiger partial charge on any atom is -0.0865 e. The Labute approximate surface area is 90.9 Å². The van der Waals surface area contributed by atoms with E-state index >= 15 is 0 Å². The minimum absolute atomic E-state index is 0.166. The van der Waals surface area contributed by atoms with Crippen molar-refractivity contribution in [2.45, 2.75) is 51.9 Å². The number of rotatable bonds is 4. The van der Waals surface area contributed by atoms with Gasteiger partial charge in [-0.3, -0.25) is 0 Å². The summed E-state index contributed by atoms with van der Waals surface area (Å²) in [5, 5.41) is 1.77. The van der Waals surface area contributed by atoms with Gasteiger partial charge in [0.05, 0.1) is 0 Å². The highest BCUT2D eigenvalue weighted by atomic mass is 31.1. The molecule has 1 aliphatic rings. The van der Waals surface area contributed by atoms with E-state index in [0.717, 1.165) is 5.92 Å². The van der Waals surface area contributed by atoms with Gasteiger partial charge in [0.25, 0.3) is 0 Å². The van der Waals surface area contributed by atoms with Crippen LogP contribution in [0.4, 0.5) is 0 Å². The molecule has 0 aromatic rings. The standard InChI is InChI=1S/C13H25P/c1-4-8-13(14(2)3)11-12-9-6-5-7-10-12/h11-12H,4-10H2,1-3H3. The number of allylic oxidation sites excluding steroid dienone is 2. The van der Waals surface area contributed by atoms with Crippen LogP contribution >= 0.6 is 7.92 Å². The van der Waals surface area contributed by atoms with Gasteiger partial charge in [0.1, 0.15) is 0 Å². The number of hydrogen-bond acceptors (Lipinski definition) is 0. The lowest BCUT2D eigenvalue weighted by Crippen LogP contribution is -2.03. The molecule has 0 aromatic carbocycles. The third-order valence-electron chi connectivity index (χ3n) is 3.16. The first kappa shape index (κ1) is 12.2. The highest BCUT2D eigenvalue weighted by molar-refractivity contribution is 7.60. The van der Waals surface area contributed by atoms with E-state index in [1.807, 2.05) is 0 Å². The molecule has 0 saturated heterocycles. The van der Waals surface area contributed by atoms with Gasteiger partial charge in [-0.1, -0.05) is 51.9 Å². The predicted octanol–water partition coefficient (Wildman–Crippen LogP) is 4.99. The molecule has 0 aromatic heterocycles. The quantitative estimate of drug-likeness (QED) is 0.576. The average Bonchev–Trinajstić information content (AvgIpc) is 2.18. The summed E-state index contributed by atoms with van der Waals surface area (Å²) in [7, 11) is 0.166. The second-order valence-electron chi connectivity index (χ2n) is 4.70. The molecule has 1 aliphatic carbocycles. The summed E-state index contributed by atoms with van der Waals surface area (Å²) in [6, 6.07) is 0. The first-order valence-corrected chi connectivity index (χ1v) is 8.35. The van der Waals surface area contributed by atoms with Crippen molar-refractivity contribution in [3.63, 3.8) is 0 Å². The molecule has 1 rings (SSSR count). The molecule has 1 saturated carbocycles. The highest BCUT2D eigenvalue weighted by Crippen LogP contribution is 2.41. The van der Waals surface area contributed by atoms with E-state index in [9.17, 15) is 0 Å². The fourth-order valence-corrected chi connectivity index (χ4v) is 3.46. The second kappa shape index (κ2) is 6.62. The van der Waals surface area contributed by atoms with Crippen molar-refractivity contribution in [2.24, 2.45) is 5.92 Å². The molecule has 0 N–H and O–H groups in total. The van der Waals surface area contributed by atoms with Crippen molar-refractivity contribution in [3.05, 3.63) is 11.4 Å². The lowest BCUT2D eigenvalue weighted by atomic mass is 9.89. The van der Waals surface area contributed by atoms with Gasteiger partial charge in [0.15, 0.2) is 0 Å². The Balaban J connectivity index is 2.50. The second-order valence-corrected chi connectivity index (χ2v) is 7.06. The van der Waals surface area contributed by atoms with Crippen LogP contribution in [0.1, 0.15) is 51.9 Å². The van der Waals surface area contributed by atoms with Gasteiger partial charge in [0.2, 0.25) is 0 Å². The monoisotopic (exact) mass is 212 g/mol. The molecule has 0 amide bonds. The zero-order chi connectivity index (χ0) is 10.4. The van der Waals surface area contributed by atoms with Crippen molar-refractivity contribution in [3.8, 4) is 0 Å². The molecule has 0 atom stereocenters. The Bertz CT molecular complexity index is 176. The topological polar surface area (TPSA) is 0 Å². The van der Waals surface area contributed by atoms with Crippen molar-refractivity contribution in [1.29, 1.82) is 0 Å². The smallest absolute Gasteiger partial charge is 0.0227 e. The van der Waals surface area contributed by atoms with Gasteiger partial charge >= 0.3 is 0 Å². The molecular weight excluding hydrogens is 187 g/mol. The third kappa shape index (κ3) is 4.13. The summed E-state index contributed by atoms with van der Waals surface area (Å²) < 4.78 is 0. The van der Waals surface area contributed by atoms with Crippen LogP contribution in [0.25, 0.3) is 0 Å². The fourth-order valence-electron chi connectivity index (χ4n) is 2.29. The Hall–Kier alpha value is 0.170. The fraction of sp³-hybridized carbons (Fsp3) is 0.846. The van der Waals surface area contributed by atoms with Crippen LogP contribution in [0.15, 0.2) is 11.4 Å². The zero-order valence-electron chi connectivity index (χ0n) is 10.1. The van der Waals surface area contributed by atoms with Gasteiger partial charge in [-0.25, -0.2) is 0 Å². The molecule has 14 heavy (non-hydrogen) atoms. The first-order valence-electron chi connectivity index (χ1n) is 6.12. The van der Waals surface area contributed by atoms with Crippen LogP contribution in [0, 0.1) is 5.92 Å². The van der Waals surface area contributed by atoms with E-state index in [1.54, 1.807) is 5.31 Å². The van der Waals surface area contributed by atoms with E-state index in [2.05, 4.69) is 26.3 Å². The average molecular weight is 212 g/mol. The minimum atomic E-state index is 0.166. The van der Waals surface area contributed by atoms with E-state index in [-0.39, 0.29) is 7.92 Å². The van der Waals surface area contributed by atoms with Gasteiger partial charge < -0.3 is 0 Å². The molecule has 0 bridgehead atoms. The lowest BCUT2D eigenvalue weighted by Gasteiger charge is -2.21. The molecule has 82 valence electrons. The highest BCUT2D eigenvalue weighted by Gasteiger charge is 2.12. The van der Waals surface area contributed by atoms with Crippen molar-refractivity contribution >= 4 is 7.92 Å². The van der Waals surface area contributed by atoms with Crippen molar-refractivity contribution in [1.82, 2.24) is 0 Å². The van der Waals surface area contributed by atoms with E-state index < -0.39 is 0 Å². The SMILES string of the molecule is CCCC(=CC1CCCCC1)P(C)C. The van der Waals surface area contributed by atoms with Gasteiger partial charge in [-0.05, 0) is 38.5 Å². The lowest BCUT2D eigenvalue weighted by molar-refractivity contribution is 0.418. The summed E-state index contributed by atoms with van der Waals surface area (Å²) >= 11 is 0. The van der Waals surface area contributed by atoms with Crippen LogP contribution in [-0.2, 0) is 0 Å². The Morgan fingerprint density at radius 3 is 2.36 bits per heavy atom. The summed E-state index contributed by atoms with van der Waals surface area (Å²) in [5.74, 6) is 0.926. The van der Waals surface area contributed by atoms with E-state index in [1.165, 1.54) is 44.9 Å².